The van der Waals surface area contributed by atoms with E-state index in [2.05, 4.69) is 5.32 Å². The van der Waals surface area contributed by atoms with Crippen molar-refractivity contribution in [1.82, 2.24) is 5.32 Å². The molecular formula is C13H17NO4. The number of benzene rings is 1. The van der Waals surface area contributed by atoms with Gasteiger partial charge in [-0.05, 0) is 17.7 Å². The number of carbonyl (C=O) groups excluding carboxylic acids is 2. The first kappa shape index (κ1) is 14.0. The first-order chi connectivity index (χ1) is 8.65. The predicted molar refractivity (Wildman–Crippen MR) is 66.1 cm³/mol. The highest BCUT2D eigenvalue weighted by atomic mass is 16.5. The maximum Gasteiger partial charge on any atom is 0.306 e. The lowest BCUT2D eigenvalue weighted by Gasteiger charge is -2.06. The van der Waals surface area contributed by atoms with Crippen molar-refractivity contribution in [2.24, 2.45) is 0 Å². The van der Waals surface area contributed by atoms with Crippen LogP contribution >= 0.6 is 0 Å². The minimum atomic E-state index is -0.380. The van der Waals surface area contributed by atoms with Crippen LogP contribution in [-0.4, -0.2) is 25.6 Å². The van der Waals surface area contributed by atoms with Crippen LogP contribution < -0.4 is 10.1 Å². The number of esters is 1. The topological polar surface area (TPSA) is 64.6 Å². The fraction of sp³-hybridized carbons (Fsp3) is 0.385. The summed E-state index contributed by atoms with van der Waals surface area (Å²) in [6, 6.07) is 7.35. The largest absolute Gasteiger partial charge is 0.497 e. The van der Waals surface area contributed by atoms with Gasteiger partial charge in [0.15, 0.2) is 6.61 Å². The standard InChI is InChI=1S/C13H17NO4/c1-3-13(16)18-9-12(15)14-8-10-4-6-11(17-2)7-5-10/h4-7H,3,8-9H2,1-2H3,(H,14,15). The Labute approximate surface area is 106 Å². The minimum Gasteiger partial charge on any atom is -0.497 e. The van der Waals surface area contributed by atoms with Gasteiger partial charge in [0.05, 0.1) is 7.11 Å². The van der Waals surface area contributed by atoms with Crippen molar-refractivity contribution in [3.63, 3.8) is 0 Å². The van der Waals surface area contributed by atoms with E-state index < -0.39 is 0 Å². The zero-order valence-corrected chi connectivity index (χ0v) is 10.6. The molecule has 0 saturated carbocycles. The smallest absolute Gasteiger partial charge is 0.306 e. The van der Waals surface area contributed by atoms with Crippen molar-refractivity contribution >= 4 is 11.9 Å². The maximum atomic E-state index is 11.3. The molecule has 0 fully saturated rings. The summed E-state index contributed by atoms with van der Waals surface area (Å²) >= 11 is 0. The number of hydrogen-bond acceptors (Lipinski definition) is 4. The molecule has 1 rings (SSSR count). The van der Waals surface area contributed by atoms with E-state index in [9.17, 15) is 9.59 Å². The Morgan fingerprint density at radius 1 is 1.22 bits per heavy atom. The third kappa shape index (κ3) is 4.86. The van der Waals surface area contributed by atoms with Crippen LogP contribution in [0, 0.1) is 0 Å². The van der Waals surface area contributed by atoms with Gasteiger partial charge < -0.3 is 14.8 Å². The Hall–Kier alpha value is -2.04. The molecular weight excluding hydrogens is 234 g/mol. The van der Waals surface area contributed by atoms with Gasteiger partial charge in [-0.2, -0.15) is 0 Å². The summed E-state index contributed by atoms with van der Waals surface area (Å²) in [5.74, 6) is 0.0733. The second kappa shape index (κ2) is 7.32. The van der Waals surface area contributed by atoms with Gasteiger partial charge in [-0.25, -0.2) is 0 Å². The molecule has 0 unspecified atom stereocenters. The number of amides is 1. The molecule has 0 aliphatic carbocycles. The molecule has 0 radical (unpaired) electrons. The molecule has 0 aromatic heterocycles. The molecule has 18 heavy (non-hydrogen) atoms. The van der Waals surface area contributed by atoms with Gasteiger partial charge in [-0.1, -0.05) is 19.1 Å². The maximum absolute atomic E-state index is 11.3. The normalized spacial score (nSPS) is 9.67. The molecule has 1 N–H and O–H groups in total. The van der Waals surface area contributed by atoms with Gasteiger partial charge >= 0.3 is 5.97 Å². The van der Waals surface area contributed by atoms with Gasteiger partial charge in [0.25, 0.3) is 5.91 Å². The summed E-state index contributed by atoms with van der Waals surface area (Å²) in [7, 11) is 1.60. The number of ether oxygens (including phenoxy) is 2. The SMILES string of the molecule is CCC(=O)OCC(=O)NCc1ccc(OC)cc1. The molecule has 0 saturated heterocycles. The Kier molecular flexibility index (Phi) is 5.70. The lowest BCUT2D eigenvalue weighted by molar-refractivity contribution is -0.148. The number of hydrogen-bond donors (Lipinski definition) is 1. The van der Waals surface area contributed by atoms with Crippen LogP contribution in [0.25, 0.3) is 0 Å². The van der Waals surface area contributed by atoms with Crippen LogP contribution in [0.15, 0.2) is 24.3 Å². The van der Waals surface area contributed by atoms with E-state index in [-0.39, 0.29) is 24.9 Å². The molecule has 5 heteroatoms. The molecule has 1 aromatic carbocycles. The fourth-order valence-corrected chi connectivity index (χ4v) is 1.24. The van der Waals surface area contributed by atoms with E-state index in [0.29, 0.717) is 6.54 Å². The number of methoxy groups -OCH3 is 1. The Bertz CT molecular complexity index is 400. The van der Waals surface area contributed by atoms with E-state index >= 15 is 0 Å². The van der Waals surface area contributed by atoms with Crippen LogP contribution in [0.4, 0.5) is 0 Å². The van der Waals surface area contributed by atoms with E-state index in [4.69, 9.17) is 9.47 Å². The van der Waals surface area contributed by atoms with Crippen molar-refractivity contribution in [1.29, 1.82) is 0 Å². The number of rotatable bonds is 6. The Balaban J connectivity index is 2.31. The van der Waals surface area contributed by atoms with E-state index in [1.807, 2.05) is 24.3 Å². The zero-order chi connectivity index (χ0) is 13.4. The van der Waals surface area contributed by atoms with Crippen molar-refractivity contribution in [3.8, 4) is 5.75 Å². The van der Waals surface area contributed by atoms with Crippen LogP contribution in [0.5, 0.6) is 5.75 Å². The average Bonchev–Trinajstić information content (AvgIpc) is 2.42. The van der Waals surface area contributed by atoms with Crippen LogP contribution in [-0.2, 0) is 20.9 Å². The average molecular weight is 251 g/mol. The van der Waals surface area contributed by atoms with Crippen LogP contribution in [0.1, 0.15) is 18.9 Å². The van der Waals surface area contributed by atoms with Crippen LogP contribution in [0.2, 0.25) is 0 Å². The summed E-state index contributed by atoms with van der Waals surface area (Å²) in [6.45, 7) is 1.84. The molecule has 1 amide bonds. The minimum absolute atomic E-state index is 0.233. The first-order valence-electron chi connectivity index (χ1n) is 5.71. The Morgan fingerprint density at radius 3 is 2.44 bits per heavy atom. The van der Waals surface area contributed by atoms with Crippen molar-refractivity contribution in [2.75, 3.05) is 13.7 Å². The second-order valence-electron chi connectivity index (χ2n) is 3.64. The van der Waals surface area contributed by atoms with Gasteiger partial charge in [-0.3, -0.25) is 9.59 Å². The third-order valence-corrected chi connectivity index (χ3v) is 2.30. The third-order valence-electron chi connectivity index (χ3n) is 2.30. The molecule has 5 nitrogen and oxygen atoms in total. The van der Waals surface area contributed by atoms with Crippen molar-refractivity contribution in [3.05, 3.63) is 29.8 Å². The molecule has 0 aliphatic rings. The van der Waals surface area contributed by atoms with E-state index in [1.54, 1.807) is 14.0 Å². The van der Waals surface area contributed by atoms with E-state index in [1.165, 1.54) is 0 Å². The van der Waals surface area contributed by atoms with E-state index in [0.717, 1.165) is 11.3 Å². The quantitative estimate of drug-likeness (QED) is 0.773. The summed E-state index contributed by atoms with van der Waals surface area (Å²) in [5.41, 5.74) is 0.950. The molecule has 0 spiro atoms. The predicted octanol–water partition coefficient (Wildman–Crippen LogP) is 1.26. The monoisotopic (exact) mass is 251 g/mol. The van der Waals surface area contributed by atoms with Gasteiger partial charge in [0.1, 0.15) is 5.75 Å². The van der Waals surface area contributed by atoms with Crippen molar-refractivity contribution in [2.45, 2.75) is 19.9 Å². The molecule has 0 bridgehead atoms. The number of nitrogens with one attached hydrogen (secondary N) is 1. The van der Waals surface area contributed by atoms with Crippen LogP contribution in [0.3, 0.4) is 0 Å². The van der Waals surface area contributed by atoms with Gasteiger partial charge in [0.2, 0.25) is 0 Å². The first-order valence-corrected chi connectivity index (χ1v) is 5.71. The fourth-order valence-electron chi connectivity index (χ4n) is 1.24. The summed E-state index contributed by atoms with van der Waals surface area (Å²) in [6.07, 6.45) is 0.270. The lowest BCUT2D eigenvalue weighted by atomic mass is 10.2. The highest BCUT2D eigenvalue weighted by Crippen LogP contribution is 2.10. The highest BCUT2D eigenvalue weighted by Gasteiger charge is 2.05. The highest BCUT2D eigenvalue weighted by molar-refractivity contribution is 5.80. The lowest BCUT2D eigenvalue weighted by Crippen LogP contribution is -2.28. The molecule has 1 aromatic rings. The summed E-state index contributed by atoms with van der Waals surface area (Å²) in [4.78, 5) is 22.2. The Morgan fingerprint density at radius 2 is 1.89 bits per heavy atom. The molecule has 0 heterocycles. The van der Waals surface area contributed by atoms with Gasteiger partial charge in [0, 0.05) is 13.0 Å². The molecule has 0 aliphatic heterocycles. The summed E-state index contributed by atoms with van der Waals surface area (Å²) in [5, 5.41) is 2.66. The molecule has 0 atom stereocenters. The number of carbonyl (C=O) groups is 2. The molecule has 98 valence electrons. The summed E-state index contributed by atoms with van der Waals surface area (Å²) < 4.78 is 9.73. The zero-order valence-electron chi connectivity index (χ0n) is 10.6. The van der Waals surface area contributed by atoms with Gasteiger partial charge in [-0.15, -0.1) is 0 Å². The second-order valence-corrected chi connectivity index (χ2v) is 3.64. The van der Waals surface area contributed by atoms with Crippen molar-refractivity contribution < 1.29 is 19.1 Å².